The van der Waals surface area contributed by atoms with Crippen molar-refractivity contribution in [3.8, 4) is 0 Å². The molecule has 106 valence electrons. The van der Waals surface area contributed by atoms with E-state index in [1.165, 1.54) is 0 Å². The van der Waals surface area contributed by atoms with Gasteiger partial charge in [-0.15, -0.1) is 11.8 Å². The first-order valence-electron chi connectivity index (χ1n) is 5.80. The molecule has 2 N–H and O–H groups in total. The number of oxazole rings is 1. The fraction of sp³-hybridized carbons (Fsp3) is 0.583. The summed E-state index contributed by atoms with van der Waals surface area (Å²) in [6.45, 7) is 6.25. The topological polar surface area (TPSA) is 92.4 Å². The lowest BCUT2D eigenvalue weighted by molar-refractivity contribution is -0.133. The third-order valence-electron chi connectivity index (χ3n) is 2.19. The van der Waals surface area contributed by atoms with Gasteiger partial charge in [-0.25, -0.2) is 4.98 Å². The third kappa shape index (κ3) is 5.78. The van der Waals surface area contributed by atoms with Crippen molar-refractivity contribution in [2.45, 2.75) is 32.7 Å². The number of rotatable bonds is 6. The number of carboxylic acids is 1. The molecule has 1 amide bonds. The van der Waals surface area contributed by atoms with Gasteiger partial charge in [0.25, 0.3) is 0 Å². The van der Waals surface area contributed by atoms with Gasteiger partial charge in [0.15, 0.2) is 0 Å². The summed E-state index contributed by atoms with van der Waals surface area (Å²) >= 11 is 1.05. The smallest absolute Gasteiger partial charge is 0.313 e. The SMILES string of the molecule is CC(C)(C)c1cnc(CNC(=O)CSCC(=O)O)o1. The molecule has 0 saturated heterocycles. The van der Waals surface area contributed by atoms with Crippen LogP contribution in [0.15, 0.2) is 10.6 Å². The molecule has 0 saturated carbocycles. The normalized spacial score (nSPS) is 11.3. The molecular formula is C12H18N2O4S. The van der Waals surface area contributed by atoms with Gasteiger partial charge in [0.1, 0.15) is 5.76 Å². The maximum absolute atomic E-state index is 11.4. The summed E-state index contributed by atoms with van der Waals surface area (Å²) < 4.78 is 5.51. The second-order valence-electron chi connectivity index (χ2n) is 5.03. The average Bonchev–Trinajstić information content (AvgIpc) is 2.74. The number of nitrogens with one attached hydrogen (secondary N) is 1. The first-order chi connectivity index (χ1) is 8.79. The first-order valence-corrected chi connectivity index (χ1v) is 6.96. The number of thioether (sulfide) groups is 1. The van der Waals surface area contributed by atoms with Crippen molar-refractivity contribution in [2.24, 2.45) is 0 Å². The van der Waals surface area contributed by atoms with Gasteiger partial charge in [0.2, 0.25) is 11.8 Å². The van der Waals surface area contributed by atoms with Crippen LogP contribution >= 0.6 is 11.8 Å². The average molecular weight is 286 g/mol. The molecule has 1 aromatic heterocycles. The van der Waals surface area contributed by atoms with Gasteiger partial charge in [-0.05, 0) is 0 Å². The zero-order chi connectivity index (χ0) is 14.5. The zero-order valence-electron chi connectivity index (χ0n) is 11.2. The number of amides is 1. The van der Waals surface area contributed by atoms with Gasteiger partial charge in [-0.1, -0.05) is 20.8 Å². The Hall–Kier alpha value is -1.50. The van der Waals surface area contributed by atoms with E-state index in [9.17, 15) is 9.59 Å². The van der Waals surface area contributed by atoms with Crippen LogP contribution in [-0.4, -0.2) is 33.5 Å². The lowest BCUT2D eigenvalue weighted by Crippen LogP contribution is -2.25. The van der Waals surface area contributed by atoms with E-state index < -0.39 is 5.97 Å². The number of carbonyl (C=O) groups is 2. The van der Waals surface area contributed by atoms with Crippen LogP contribution in [-0.2, 0) is 21.5 Å². The largest absolute Gasteiger partial charge is 0.481 e. The van der Waals surface area contributed by atoms with Gasteiger partial charge < -0.3 is 14.8 Å². The van der Waals surface area contributed by atoms with Crippen molar-refractivity contribution in [3.63, 3.8) is 0 Å². The maximum atomic E-state index is 11.4. The Balaban J connectivity index is 2.34. The molecular weight excluding hydrogens is 268 g/mol. The molecule has 6 nitrogen and oxygen atoms in total. The highest BCUT2D eigenvalue weighted by Crippen LogP contribution is 2.22. The molecule has 1 heterocycles. The Morgan fingerprint density at radius 2 is 2.11 bits per heavy atom. The Bertz CT molecular complexity index is 451. The third-order valence-corrected chi connectivity index (χ3v) is 3.11. The second-order valence-corrected chi connectivity index (χ2v) is 6.02. The summed E-state index contributed by atoms with van der Waals surface area (Å²) in [4.78, 5) is 25.8. The molecule has 0 atom stereocenters. The standard InChI is InChI=1S/C12H18N2O4S/c1-12(2,3)8-4-14-10(18-8)5-13-9(15)6-19-7-11(16)17/h4H,5-7H2,1-3H3,(H,13,15)(H,16,17). The van der Waals surface area contributed by atoms with Crippen LogP contribution in [0.3, 0.4) is 0 Å². The second kappa shape index (κ2) is 6.60. The Labute approximate surface area is 116 Å². The molecule has 1 rings (SSSR count). The Morgan fingerprint density at radius 3 is 2.63 bits per heavy atom. The molecule has 1 aromatic rings. The lowest BCUT2D eigenvalue weighted by atomic mass is 9.94. The minimum Gasteiger partial charge on any atom is -0.481 e. The fourth-order valence-electron chi connectivity index (χ4n) is 1.19. The summed E-state index contributed by atoms with van der Waals surface area (Å²) in [6, 6.07) is 0. The number of carboxylic acid groups (broad SMARTS) is 1. The molecule has 0 bridgehead atoms. The first kappa shape index (κ1) is 15.6. The van der Waals surface area contributed by atoms with E-state index in [1.54, 1.807) is 6.20 Å². The predicted octanol–water partition coefficient (Wildman–Crippen LogP) is 1.41. The highest BCUT2D eigenvalue weighted by atomic mass is 32.2. The van der Waals surface area contributed by atoms with Gasteiger partial charge in [-0.3, -0.25) is 9.59 Å². The van der Waals surface area contributed by atoms with E-state index in [1.807, 2.05) is 20.8 Å². The molecule has 0 unspecified atom stereocenters. The minimum absolute atomic E-state index is 0.0827. The monoisotopic (exact) mass is 286 g/mol. The molecule has 0 aliphatic heterocycles. The van der Waals surface area contributed by atoms with Gasteiger partial charge in [0, 0.05) is 5.41 Å². The van der Waals surface area contributed by atoms with Crippen molar-refractivity contribution in [1.82, 2.24) is 10.3 Å². The van der Waals surface area contributed by atoms with Crippen LogP contribution in [0.1, 0.15) is 32.4 Å². The highest BCUT2D eigenvalue weighted by Gasteiger charge is 2.19. The van der Waals surface area contributed by atoms with Crippen molar-refractivity contribution >= 4 is 23.6 Å². The van der Waals surface area contributed by atoms with E-state index in [-0.39, 0.29) is 29.4 Å². The number of carbonyl (C=O) groups excluding carboxylic acids is 1. The van der Waals surface area contributed by atoms with Gasteiger partial charge in [-0.2, -0.15) is 0 Å². The zero-order valence-corrected chi connectivity index (χ0v) is 12.0. The van der Waals surface area contributed by atoms with E-state index in [0.29, 0.717) is 5.89 Å². The van der Waals surface area contributed by atoms with E-state index >= 15 is 0 Å². The maximum Gasteiger partial charge on any atom is 0.313 e. The molecule has 19 heavy (non-hydrogen) atoms. The molecule has 0 radical (unpaired) electrons. The quantitative estimate of drug-likeness (QED) is 0.821. The van der Waals surface area contributed by atoms with Crippen molar-refractivity contribution in [2.75, 3.05) is 11.5 Å². The van der Waals surface area contributed by atoms with Crippen LogP contribution in [0.5, 0.6) is 0 Å². The van der Waals surface area contributed by atoms with Crippen LogP contribution < -0.4 is 5.32 Å². The number of aliphatic carboxylic acids is 1. The van der Waals surface area contributed by atoms with Crippen LogP contribution in [0.2, 0.25) is 0 Å². The molecule has 0 aromatic carbocycles. The Kier molecular flexibility index (Phi) is 5.41. The summed E-state index contributed by atoms with van der Waals surface area (Å²) in [5.74, 6) is 0.0697. The summed E-state index contributed by atoms with van der Waals surface area (Å²) in [5, 5.41) is 11.1. The highest BCUT2D eigenvalue weighted by molar-refractivity contribution is 8.00. The van der Waals surface area contributed by atoms with E-state index in [0.717, 1.165) is 17.5 Å². The number of hydrogen-bond donors (Lipinski definition) is 2. The number of aromatic nitrogens is 1. The van der Waals surface area contributed by atoms with E-state index in [4.69, 9.17) is 9.52 Å². The predicted molar refractivity (Wildman–Crippen MR) is 72.0 cm³/mol. The van der Waals surface area contributed by atoms with E-state index in [2.05, 4.69) is 10.3 Å². The summed E-state index contributed by atoms with van der Waals surface area (Å²) in [7, 11) is 0. The van der Waals surface area contributed by atoms with Crippen LogP contribution in [0.25, 0.3) is 0 Å². The van der Waals surface area contributed by atoms with Crippen LogP contribution in [0, 0.1) is 0 Å². The summed E-state index contributed by atoms with van der Waals surface area (Å²) in [5.41, 5.74) is -0.118. The molecule has 0 fully saturated rings. The minimum atomic E-state index is -0.930. The fourth-order valence-corrected chi connectivity index (χ4v) is 1.76. The van der Waals surface area contributed by atoms with Gasteiger partial charge >= 0.3 is 5.97 Å². The molecule has 7 heteroatoms. The summed E-state index contributed by atoms with van der Waals surface area (Å²) in [6.07, 6.45) is 1.65. The van der Waals surface area contributed by atoms with Crippen molar-refractivity contribution in [3.05, 3.63) is 17.8 Å². The van der Waals surface area contributed by atoms with Gasteiger partial charge in [0.05, 0.1) is 24.2 Å². The van der Waals surface area contributed by atoms with Crippen LogP contribution in [0.4, 0.5) is 0 Å². The molecule has 0 aliphatic rings. The Morgan fingerprint density at radius 1 is 1.42 bits per heavy atom. The molecule has 0 aliphatic carbocycles. The molecule has 0 spiro atoms. The van der Waals surface area contributed by atoms with Crippen molar-refractivity contribution in [1.29, 1.82) is 0 Å². The lowest BCUT2D eigenvalue weighted by Gasteiger charge is -2.13. The number of hydrogen-bond acceptors (Lipinski definition) is 5. The van der Waals surface area contributed by atoms with Crippen molar-refractivity contribution < 1.29 is 19.1 Å². The number of nitrogens with zero attached hydrogens (tertiary/aromatic N) is 1.